The summed E-state index contributed by atoms with van der Waals surface area (Å²) in [5, 5.41) is 0. The van der Waals surface area contributed by atoms with Crippen LogP contribution in [0, 0.1) is 0 Å². The molecule has 1 heterocycles. The van der Waals surface area contributed by atoms with Crippen LogP contribution in [0.1, 0.15) is 25.5 Å². The van der Waals surface area contributed by atoms with Crippen LogP contribution in [0.2, 0.25) is 0 Å². The van der Waals surface area contributed by atoms with Gasteiger partial charge in [-0.3, -0.25) is 4.79 Å². The third-order valence-electron chi connectivity index (χ3n) is 3.37. The summed E-state index contributed by atoms with van der Waals surface area (Å²) < 4.78 is 11.0. The standard InChI is InChI=1S/C15H22N2O3/c1-11(16)13-4-3-5-14(10-13)20-12(2)15(18)17-6-8-19-9-7-17/h3-5,10-12H,6-9,16H2,1-2H3/t11-,12?/m0/s1. The minimum atomic E-state index is -0.503. The lowest BCUT2D eigenvalue weighted by Gasteiger charge is -2.29. The first-order valence-corrected chi connectivity index (χ1v) is 6.96. The highest BCUT2D eigenvalue weighted by molar-refractivity contribution is 5.81. The molecule has 1 fully saturated rings. The molecule has 20 heavy (non-hydrogen) atoms. The van der Waals surface area contributed by atoms with Crippen LogP contribution in [-0.4, -0.2) is 43.2 Å². The number of hydrogen-bond donors (Lipinski definition) is 1. The van der Waals surface area contributed by atoms with Crippen LogP contribution >= 0.6 is 0 Å². The van der Waals surface area contributed by atoms with E-state index in [9.17, 15) is 4.79 Å². The monoisotopic (exact) mass is 278 g/mol. The van der Waals surface area contributed by atoms with Crippen molar-refractivity contribution < 1.29 is 14.3 Å². The molecule has 0 spiro atoms. The largest absolute Gasteiger partial charge is 0.481 e. The van der Waals surface area contributed by atoms with Gasteiger partial charge in [-0.05, 0) is 31.5 Å². The Kier molecular flexibility index (Phi) is 4.98. The van der Waals surface area contributed by atoms with Crippen molar-refractivity contribution in [2.75, 3.05) is 26.3 Å². The van der Waals surface area contributed by atoms with E-state index in [1.807, 2.05) is 31.2 Å². The summed E-state index contributed by atoms with van der Waals surface area (Å²) >= 11 is 0. The molecule has 1 aromatic carbocycles. The van der Waals surface area contributed by atoms with Gasteiger partial charge in [0, 0.05) is 19.1 Å². The molecule has 110 valence electrons. The molecule has 1 saturated heterocycles. The molecule has 0 aliphatic carbocycles. The molecule has 5 nitrogen and oxygen atoms in total. The summed E-state index contributed by atoms with van der Waals surface area (Å²) in [6, 6.07) is 7.51. The first kappa shape index (κ1) is 14.8. The minimum absolute atomic E-state index is 0.000463. The van der Waals surface area contributed by atoms with Crippen molar-refractivity contribution in [3.05, 3.63) is 29.8 Å². The van der Waals surface area contributed by atoms with Crippen LogP contribution in [-0.2, 0) is 9.53 Å². The molecule has 0 aromatic heterocycles. The van der Waals surface area contributed by atoms with Gasteiger partial charge in [-0.2, -0.15) is 0 Å². The zero-order valence-corrected chi connectivity index (χ0v) is 12.0. The predicted molar refractivity (Wildman–Crippen MR) is 76.5 cm³/mol. The van der Waals surface area contributed by atoms with Gasteiger partial charge in [0.25, 0.3) is 5.91 Å². The van der Waals surface area contributed by atoms with Gasteiger partial charge in [-0.1, -0.05) is 12.1 Å². The number of rotatable bonds is 4. The number of hydrogen-bond acceptors (Lipinski definition) is 4. The van der Waals surface area contributed by atoms with E-state index in [2.05, 4.69) is 0 Å². The maximum absolute atomic E-state index is 12.2. The highest BCUT2D eigenvalue weighted by Gasteiger charge is 2.23. The van der Waals surface area contributed by atoms with E-state index < -0.39 is 6.10 Å². The Balaban J connectivity index is 1.97. The number of amides is 1. The third kappa shape index (κ3) is 3.71. The Hall–Kier alpha value is -1.59. The number of morpholine rings is 1. The Morgan fingerprint density at radius 2 is 2.05 bits per heavy atom. The molecule has 1 aliphatic rings. The van der Waals surface area contributed by atoms with Gasteiger partial charge in [0.2, 0.25) is 0 Å². The van der Waals surface area contributed by atoms with Crippen LogP contribution in [0.25, 0.3) is 0 Å². The zero-order chi connectivity index (χ0) is 14.5. The van der Waals surface area contributed by atoms with E-state index in [0.29, 0.717) is 32.1 Å². The van der Waals surface area contributed by atoms with E-state index in [-0.39, 0.29) is 11.9 Å². The van der Waals surface area contributed by atoms with Crippen molar-refractivity contribution in [3.8, 4) is 5.75 Å². The number of nitrogens with two attached hydrogens (primary N) is 1. The molecule has 5 heteroatoms. The normalized spacial score (nSPS) is 18.4. The molecule has 2 N–H and O–H groups in total. The van der Waals surface area contributed by atoms with Crippen LogP contribution in [0.4, 0.5) is 0 Å². The number of ether oxygens (including phenoxy) is 2. The first-order valence-electron chi connectivity index (χ1n) is 6.96. The molecule has 2 rings (SSSR count). The molecule has 1 aromatic rings. The second kappa shape index (κ2) is 6.72. The lowest BCUT2D eigenvalue weighted by Crippen LogP contribution is -2.46. The fourth-order valence-corrected chi connectivity index (χ4v) is 2.17. The topological polar surface area (TPSA) is 64.8 Å². The molecule has 2 atom stereocenters. The molecule has 1 amide bonds. The van der Waals surface area contributed by atoms with Crippen LogP contribution < -0.4 is 10.5 Å². The molecule has 0 bridgehead atoms. The highest BCUT2D eigenvalue weighted by Crippen LogP contribution is 2.19. The van der Waals surface area contributed by atoms with Gasteiger partial charge >= 0.3 is 0 Å². The summed E-state index contributed by atoms with van der Waals surface area (Å²) in [5.41, 5.74) is 6.84. The van der Waals surface area contributed by atoms with Gasteiger partial charge in [-0.15, -0.1) is 0 Å². The highest BCUT2D eigenvalue weighted by atomic mass is 16.5. The maximum atomic E-state index is 12.2. The zero-order valence-electron chi connectivity index (χ0n) is 12.0. The van der Waals surface area contributed by atoms with Gasteiger partial charge < -0.3 is 20.1 Å². The molecular weight excluding hydrogens is 256 g/mol. The molecule has 1 unspecified atom stereocenters. The quantitative estimate of drug-likeness (QED) is 0.902. The van der Waals surface area contributed by atoms with Crippen molar-refractivity contribution in [1.29, 1.82) is 0 Å². The molecule has 1 aliphatic heterocycles. The summed E-state index contributed by atoms with van der Waals surface area (Å²) in [6.45, 7) is 6.15. The van der Waals surface area contributed by atoms with Crippen molar-refractivity contribution in [2.24, 2.45) is 5.73 Å². The van der Waals surface area contributed by atoms with E-state index >= 15 is 0 Å². The molecular formula is C15H22N2O3. The number of nitrogens with zero attached hydrogens (tertiary/aromatic N) is 1. The van der Waals surface area contributed by atoms with Gasteiger partial charge in [0.05, 0.1) is 13.2 Å². The van der Waals surface area contributed by atoms with E-state index in [1.165, 1.54) is 0 Å². The van der Waals surface area contributed by atoms with Gasteiger partial charge in [-0.25, -0.2) is 0 Å². The van der Waals surface area contributed by atoms with Crippen molar-refractivity contribution in [2.45, 2.75) is 26.0 Å². The van der Waals surface area contributed by atoms with Gasteiger partial charge in [0.15, 0.2) is 6.10 Å². The lowest BCUT2D eigenvalue weighted by atomic mass is 10.1. The Labute approximate surface area is 119 Å². The lowest BCUT2D eigenvalue weighted by molar-refractivity contribution is -0.142. The van der Waals surface area contributed by atoms with E-state index in [1.54, 1.807) is 11.8 Å². The summed E-state index contributed by atoms with van der Waals surface area (Å²) in [6.07, 6.45) is -0.503. The minimum Gasteiger partial charge on any atom is -0.481 e. The average Bonchev–Trinajstić information content (AvgIpc) is 2.47. The Morgan fingerprint density at radius 1 is 1.35 bits per heavy atom. The second-order valence-electron chi connectivity index (χ2n) is 5.06. The van der Waals surface area contributed by atoms with Gasteiger partial charge in [0.1, 0.15) is 5.75 Å². The van der Waals surface area contributed by atoms with Crippen LogP contribution in [0.5, 0.6) is 5.75 Å². The fraction of sp³-hybridized carbons (Fsp3) is 0.533. The van der Waals surface area contributed by atoms with Crippen molar-refractivity contribution >= 4 is 5.91 Å². The SMILES string of the molecule is CC(Oc1cccc([C@H](C)N)c1)C(=O)N1CCOCC1. The smallest absolute Gasteiger partial charge is 0.263 e. The number of carbonyl (C=O) groups excluding carboxylic acids is 1. The summed E-state index contributed by atoms with van der Waals surface area (Å²) in [5.74, 6) is 0.674. The maximum Gasteiger partial charge on any atom is 0.263 e. The van der Waals surface area contributed by atoms with Crippen LogP contribution in [0.15, 0.2) is 24.3 Å². The third-order valence-corrected chi connectivity index (χ3v) is 3.37. The summed E-state index contributed by atoms with van der Waals surface area (Å²) in [7, 11) is 0. The number of carbonyl (C=O) groups is 1. The van der Waals surface area contributed by atoms with E-state index in [0.717, 1.165) is 5.56 Å². The van der Waals surface area contributed by atoms with Crippen molar-refractivity contribution in [1.82, 2.24) is 4.90 Å². The molecule has 0 radical (unpaired) electrons. The molecule has 0 saturated carbocycles. The summed E-state index contributed by atoms with van der Waals surface area (Å²) in [4.78, 5) is 14.0. The average molecular weight is 278 g/mol. The van der Waals surface area contributed by atoms with Crippen LogP contribution in [0.3, 0.4) is 0 Å². The Bertz CT molecular complexity index is 456. The fourth-order valence-electron chi connectivity index (χ4n) is 2.17. The van der Waals surface area contributed by atoms with E-state index in [4.69, 9.17) is 15.2 Å². The Morgan fingerprint density at radius 3 is 2.70 bits per heavy atom. The number of benzene rings is 1. The predicted octanol–water partition coefficient (Wildman–Crippen LogP) is 1.33. The second-order valence-corrected chi connectivity index (χ2v) is 5.06. The first-order chi connectivity index (χ1) is 9.58. The van der Waals surface area contributed by atoms with Crippen molar-refractivity contribution in [3.63, 3.8) is 0 Å².